The van der Waals surface area contributed by atoms with E-state index in [4.69, 9.17) is 0 Å². The third-order valence-corrected chi connectivity index (χ3v) is 5.65. The van der Waals surface area contributed by atoms with Crippen LogP contribution in [0.15, 0.2) is 12.2 Å². The fourth-order valence-corrected chi connectivity index (χ4v) is 3.86. The minimum absolute atomic E-state index is 0.0921. The molecule has 2 aliphatic rings. The van der Waals surface area contributed by atoms with Gasteiger partial charge in [-0.2, -0.15) is 0 Å². The number of ketones is 1. The van der Waals surface area contributed by atoms with E-state index >= 15 is 0 Å². The SMILES string of the molecule is C=C(CCC1CCC(C)CC1)C(=O)C1CCN(C(C)=O)CC1. The van der Waals surface area contributed by atoms with Gasteiger partial charge in [0.1, 0.15) is 0 Å². The van der Waals surface area contributed by atoms with Crippen LogP contribution in [0, 0.1) is 17.8 Å². The minimum Gasteiger partial charge on any atom is -0.343 e. The van der Waals surface area contributed by atoms with Crippen molar-refractivity contribution in [2.45, 2.75) is 65.2 Å². The van der Waals surface area contributed by atoms with Gasteiger partial charge in [0.2, 0.25) is 5.91 Å². The Morgan fingerprint density at radius 2 is 1.64 bits per heavy atom. The van der Waals surface area contributed by atoms with Crippen LogP contribution in [0.1, 0.15) is 65.2 Å². The van der Waals surface area contributed by atoms with Crippen LogP contribution in [0.3, 0.4) is 0 Å². The number of amides is 1. The van der Waals surface area contributed by atoms with Crippen LogP contribution in [0.4, 0.5) is 0 Å². The Bertz CT molecular complexity index is 413. The summed E-state index contributed by atoms with van der Waals surface area (Å²) >= 11 is 0. The van der Waals surface area contributed by atoms with Gasteiger partial charge in [-0.05, 0) is 43.1 Å². The molecule has 1 heterocycles. The molecule has 1 amide bonds. The number of carbonyl (C=O) groups excluding carboxylic acids is 2. The molecular formula is C19H31NO2. The number of hydrogen-bond acceptors (Lipinski definition) is 2. The molecule has 124 valence electrons. The van der Waals surface area contributed by atoms with Gasteiger partial charge in [0.15, 0.2) is 5.78 Å². The van der Waals surface area contributed by atoms with Crippen molar-refractivity contribution < 1.29 is 9.59 Å². The first-order chi connectivity index (χ1) is 10.5. The van der Waals surface area contributed by atoms with Crippen LogP contribution >= 0.6 is 0 Å². The van der Waals surface area contributed by atoms with Gasteiger partial charge in [-0.1, -0.05) is 39.2 Å². The van der Waals surface area contributed by atoms with Gasteiger partial charge in [-0.15, -0.1) is 0 Å². The Morgan fingerprint density at radius 1 is 1.05 bits per heavy atom. The molecule has 0 radical (unpaired) electrons. The van der Waals surface area contributed by atoms with Crippen molar-refractivity contribution in [2.24, 2.45) is 17.8 Å². The van der Waals surface area contributed by atoms with E-state index in [0.29, 0.717) is 0 Å². The van der Waals surface area contributed by atoms with E-state index in [-0.39, 0.29) is 17.6 Å². The molecule has 1 aliphatic carbocycles. The van der Waals surface area contributed by atoms with Crippen molar-refractivity contribution in [3.8, 4) is 0 Å². The van der Waals surface area contributed by atoms with Gasteiger partial charge in [0, 0.05) is 25.9 Å². The van der Waals surface area contributed by atoms with E-state index in [9.17, 15) is 9.59 Å². The number of rotatable bonds is 5. The molecule has 1 aliphatic heterocycles. The van der Waals surface area contributed by atoms with Crippen molar-refractivity contribution in [3.63, 3.8) is 0 Å². The van der Waals surface area contributed by atoms with Crippen molar-refractivity contribution in [1.29, 1.82) is 0 Å². The van der Waals surface area contributed by atoms with Crippen molar-refractivity contribution in [2.75, 3.05) is 13.1 Å². The summed E-state index contributed by atoms with van der Waals surface area (Å²) in [6.07, 6.45) is 8.92. The summed E-state index contributed by atoms with van der Waals surface area (Å²) in [5.74, 6) is 2.14. The van der Waals surface area contributed by atoms with E-state index in [2.05, 4.69) is 13.5 Å². The topological polar surface area (TPSA) is 37.4 Å². The van der Waals surface area contributed by atoms with E-state index in [1.54, 1.807) is 6.92 Å². The van der Waals surface area contributed by atoms with Crippen LogP contribution in [0.25, 0.3) is 0 Å². The lowest BCUT2D eigenvalue weighted by Gasteiger charge is -2.31. The molecule has 1 saturated heterocycles. The van der Waals surface area contributed by atoms with Gasteiger partial charge in [0.25, 0.3) is 0 Å². The standard InChI is InChI=1S/C19H31NO2/c1-14-4-7-17(8-5-14)9-6-15(2)19(22)18-10-12-20(13-11-18)16(3)21/h14,17-18H,2,4-13H2,1,3H3. The highest BCUT2D eigenvalue weighted by molar-refractivity contribution is 5.96. The maximum atomic E-state index is 12.5. The lowest BCUT2D eigenvalue weighted by Crippen LogP contribution is -2.39. The van der Waals surface area contributed by atoms with Gasteiger partial charge in [0.05, 0.1) is 0 Å². The second-order valence-corrected chi connectivity index (χ2v) is 7.41. The summed E-state index contributed by atoms with van der Waals surface area (Å²) in [4.78, 5) is 25.7. The number of Topliss-reactive ketones (excluding diaryl/α,β-unsaturated/α-hetero) is 1. The molecule has 0 bridgehead atoms. The van der Waals surface area contributed by atoms with E-state index in [1.165, 1.54) is 25.7 Å². The van der Waals surface area contributed by atoms with Crippen LogP contribution in [0.5, 0.6) is 0 Å². The number of carbonyl (C=O) groups is 2. The molecule has 0 unspecified atom stereocenters. The molecule has 22 heavy (non-hydrogen) atoms. The molecule has 3 nitrogen and oxygen atoms in total. The maximum absolute atomic E-state index is 12.5. The van der Waals surface area contributed by atoms with Crippen LogP contribution < -0.4 is 0 Å². The zero-order valence-corrected chi connectivity index (χ0v) is 14.3. The monoisotopic (exact) mass is 305 g/mol. The smallest absolute Gasteiger partial charge is 0.219 e. The highest BCUT2D eigenvalue weighted by Crippen LogP contribution is 2.32. The predicted molar refractivity (Wildman–Crippen MR) is 89.5 cm³/mol. The van der Waals surface area contributed by atoms with E-state index in [0.717, 1.165) is 56.2 Å². The molecule has 0 aromatic rings. The lowest BCUT2D eigenvalue weighted by molar-refractivity contribution is -0.132. The molecule has 2 rings (SSSR count). The normalized spacial score (nSPS) is 26.7. The first-order valence-corrected chi connectivity index (χ1v) is 8.95. The Hall–Kier alpha value is -1.12. The fraction of sp³-hybridized carbons (Fsp3) is 0.789. The fourth-order valence-electron chi connectivity index (χ4n) is 3.86. The quantitative estimate of drug-likeness (QED) is 0.721. The molecule has 0 spiro atoms. The number of hydrogen-bond donors (Lipinski definition) is 0. The highest BCUT2D eigenvalue weighted by Gasteiger charge is 2.27. The van der Waals surface area contributed by atoms with Gasteiger partial charge in [-0.25, -0.2) is 0 Å². The van der Waals surface area contributed by atoms with E-state index < -0.39 is 0 Å². The third kappa shape index (κ3) is 4.69. The molecular weight excluding hydrogens is 274 g/mol. The third-order valence-electron chi connectivity index (χ3n) is 5.65. The average molecular weight is 305 g/mol. The molecule has 2 fully saturated rings. The first-order valence-electron chi connectivity index (χ1n) is 8.95. The molecule has 0 N–H and O–H groups in total. The number of allylic oxidation sites excluding steroid dienone is 1. The second kappa shape index (κ2) is 7.94. The zero-order chi connectivity index (χ0) is 16.1. The molecule has 0 atom stereocenters. The van der Waals surface area contributed by atoms with Crippen molar-refractivity contribution in [3.05, 3.63) is 12.2 Å². The van der Waals surface area contributed by atoms with Gasteiger partial charge < -0.3 is 4.90 Å². The van der Waals surface area contributed by atoms with Gasteiger partial charge >= 0.3 is 0 Å². The summed E-state index contributed by atoms with van der Waals surface area (Å²) in [6.45, 7) is 9.44. The average Bonchev–Trinajstić information content (AvgIpc) is 2.53. The highest BCUT2D eigenvalue weighted by atomic mass is 16.2. The lowest BCUT2D eigenvalue weighted by atomic mass is 9.79. The van der Waals surface area contributed by atoms with E-state index in [1.807, 2.05) is 4.90 Å². The molecule has 0 aromatic heterocycles. The van der Waals surface area contributed by atoms with Crippen LogP contribution in [0.2, 0.25) is 0 Å². The minimum atomic E-state index is 0.0921. The second-order valence-electron chi connectivity index (χ2n) is 7.41. The first kappa shape index (κ1) is 17.2. The Kier molecular flexibility index (Phi) is 6.22. The Labute approximate surface area is 135 Å². The summed E-state index contributed by atoms with van der Waals surface area (Å²) in [7, 11) is 0. The van der Waals surface area contributed by atoms with Crippen molar-refractivity contribution >= 4 is 11.7 Å². The Balaban J connectivity index is 1.71. The molecule has 1 saturated carbocycles. The molecule has 3 heteroatoms. The number of likely N-dealkylation sites (tertiary alicyclic amines) is 1. The summed E-state index contributed by atoms with van der Waals surface area (Å²) in [5.41, 5.74) is 0.819. The molecule has 0 aromatic carbocycles. The zero-order valence-electron chi connectivity index (χ0n) is 14.3. The summed E-state index contributed by atoms with van der Waals surface area (Å²) in [5, 5.41) is 0. The number of nitrogens with zero attached hydrogens (tertiary/aromatic N) is 1. The summed E-state index contributed by atoms with van der Waals surface area (Å²) < 4.78 is 0. The van der Waals surface area contributed by atoms with Gasteiger partial charge in [-0.3, -0.25) is 9.59 Å². The summed E-state index contributed by atoms with van der Waals surface area (Å²) in [6, 6.07) is 0. The predicted octanol–water partition coefficient (Wildman–Crippen LogP) is 3.98. The van der Waals surface area contributed by atoms with Crippen molar-refractivity contribution in [1.82, 2.24) is 4.90 Å². The Morgan fingerprint density at radius 3 is 2.18 bits per heavy atom. The van der Waals surface area contributed by atoms with Crippen LogP contribution in [-0.2, 0) is 9.59 Å². The maximum Gasteiger partial charge on any atom is 0.219 e. The van der Waals surface area contributed by atoms with Crippen LogP contribution in [-0.4, -0.2) is 29.7 Å². The number of piperidine rings is 1. The largest absolute Gasteiger partial charge is 0.343 e.